The lowest BCUT2D eigenvalue weighted by Gasteiger charge is -2.32. The van der Waals surface area contributed by atoms with E-state index in [0.29, 0.717) is 11.8 Å². The number of hydrogen-bond acceptors (Lipinski definition) is 2. The summed E-state index contributed by atoms with van der Waals surface area (Å²) in [5, 5.41) is 11.0. The lowest BCUT2D eigenvalue weighted by Crippen LogP contribution is -2.19. The Balaban J connectivity index is 1.79. The summed E-state index contributed by atoms with van der Waals surface area (Å²) in [5.41, 5.74) is 3.58. The summed E-state index contributed by atoms with van der Waals surface area (Å²) in [4.78, 5) is 4.27. The highest BCUT2D eigenvalue weighted by molar-refractivity contribution is 5.59. The average Bonchev–Trinajstić information content (AvgIpc) is 2.94. The molecule has 21 heavy (non-hydrogen) atoms. The summed E-state index contributed by atoms with van der Waals surface area (Å²) >= 11 is 0. The van der Waals surface area contributed by atoms with Crippen molar-refractivity contribution in [1.29, 1.82) is 0 Å². The molecule has 0 amide bonds. The molecule has 2 atom stereocenters. The number of aliphatic hydroxyl groups excluding tert-OH is 1. The Morgan fingerprint density at radius 1 is 1.24 bits per heavy atom. The number of nitrogens with zero attached hydrogens (tertiary/aromatic N) is 2. The molecule has 110 valence electrons. The number of aromatic nitrogens is 2. The monoisotopic (exact) mass is 282 g/mol. The molecule has 0 aromatic carbocycles. The Bertz CT molecular complexity index is 669. The zero-order chi connectivity index (χ0) is 14.2. The Morgan fingerprint density at radius 3 is 2.86 bits per heavy atom. The van der Waals surface area contributed by atoms with Crippen LogP contribution in [0, 0.1) is 5.92 Å². The first-order chi connectivity index (χ1) is 10.3. The molecular formula is C18H22N2O. The van der Waals surface area contributed by atoms with Gasteiger partial charge in [-0.1, -0.05) is 18.6 Å². The minimum atomic E-state index is -0.369. The van der Waals surface area contributed by atoms with Crippen molar-refractivity contribution in [3.63, 3.8) is 0 Å². The standard InChI is InChI=1S/C18H22N2O/c21-18(14-5-2-1-3-6-14)17-15(13-7-4-8-13)9-10-20-12-19-11-16(17)20/h1-2,9-14,18,21H,3-8H2. The average molecular weight is 282 g/mol. The molecule has 0 radical (unpaired) electrons. The molecule has 1 fully saturated rings. The van der Waals surface area contributed by atoms with Crippen molar-refractivity contribution < 1.29 is 5.11 Å². The normalized spacial score (nSPS) is 24.1. The number of pyridine rings is 1. The molecule has 3 nitrogen and oxygen atoms in total. The molecule has 2 heterocycles. The van der Waals surface area contributed by atoms with Gasteiger partial charge < -0.3 is 9.51 Å². The maximum atomic E-state index is 11.0. The smallest absolute Gasteiger partial charge is 0.0992 e. The molecule has 2 aromatic heterocycles. The molecular weight excluding hydrogens is 260 g/mol. The van der Waals surface area contributed by atoms with Crippen LogP contribution in [0.15, 0.2) is 36.9 Å². The van der Waals surface area contributed by atoms with Gasteiger partial charge >= 0.3 is 0 Å². The van der Waals surface area contributed by atoms with Crippen LogP contribution >= 0.6 is 0 Å². The maximum absolute atomic E-state index is 11.0. The summed E-state index contributed by atoms with van der Waals surface area (Å²) in [7, 11) is 0. The van der Waals surface area contributed by atoms with E-state index in [1.807, 2.05) is 16.9 Å². The van der Waals surface area contributed by atoms with Gasteiger partial charge in [0.25, 0.3) is 0 Å². The highest BCUT2D eigenvalue weighted by atomic mass is 16.3. The molecule has 2 aliphatic carbocycles. The lowest BCUT2D eigenvalue weighted by atomic mass is 9.75. The molecule has 3 heteroatoms. The number of aliphatic hydroxyl groups is 1. The largest absolute Gasteiger partial charge is 0.388 e. The fourth-order valence-electron chi connectivity index (χ4n) is 3.77. The van der Waals surface area contributed by atoms with Crippen LogP contribution in [-0.2, 0) is 0 Å². The maximum Gasteiger partial charge on any atom is 0.0992 e. The second kappa shape index (κ2) is 5.30. The lowest BCUT2D eigenvalue weighted by molar-refractivity contribution is 0.102. The van der Waals surface area contributed by atoms with Crippen LogP contribution in [-0.4, -0.2) is 14.5 Å². The van der Waals surface area contributed by atoms with E-state index in [0.717, 1.165) is 30.3 Å². The van der Waals surface area contributed by atoms with E-state index in [-0.39, 0.29) is 6.10 Å². The van der Waals surface area contributed by atoms with Crippen molar-refractivity contribution in [2.45, 2.75) is 50.5 Å². The van der Waals surface area contributed by atoms with Gasteiger partial charge in [-0.3, -0.25) is 0 Å². The zero-order valence-corrected chi connectivity index (χ0v) is 12.3. The summed E-state index contributed by atoms with van der Waals surface area (Å²) in [5.74, 6) is 0.976. The Hall–Kier alpha value is -1.61. The van der Waals surface area contributed by atoms with Gasteiger partial charge in [-0.25, -0.2) is 4.98 Å². The van der Waals surface area contributed by atoms with Gasteiger partial charge in [0.1, 0.15) is 0 Å². The van der Waals surface area contributed by atoms with Crippen LogP contribution in [0.2, 0.25) is 0 Å². The van der Waals surface area contributed by atoms with Gasteiger partial charge in [-0.05, 0) is 55.6 Å². The molecule has 1 N–H and O–H groups in total. The number of fused-ring (bicyclic) bond motifs is 1. The van der Waals surface area contributed by atoms with Crippen molar-refractivity contribution in [1.82, 2.24) is 9.38 Å². The second-order valence-corrected chi connectivity index (χ2v) is 6.49. The van der Waals surface area contributed by atoms with Crippen molar-refractivity contribution in [2.75, 3.05) is 0 Å². The van der Waals surface area contributed by atoms with E-state index in [1.165, 1.54) is 24.8 Å². The van der Waals surface area contributed by atoms with Crippen molar-refractivity contribution in [3.05, 3.63) is 48.1 Å². The van der Waals surface area contributed by atoms with E-state index in [4.69, 9.17) is 0 Å². The first-order valence-corrected chi connectivity index (χ1v) is 8.12. The van der Waals surface area contributed by atoms with Gasteiger partial charge in [0.2, 0.25) is 0 Å². The van der Waals surface area contributed by atoms with Crippen LogP contribution in [0.4, 0.5) is 0 Å². The summed E-state index contributed by atoms with van der Waals surface area (Å²) < 4.78 is 2.04. The van der Waals surface area contributed by atoms with Gasteiger partial charge in [-0.15, -0.1) is 0 Å². The SMILES string of the molecule is OC(c1c(C2CCC2)ccn2cncc12)C1CC=CCC1. The molecule has 2 unspecified atom stereocenters. The third kappa shape index (κ3) is 2.20. The Labute approximate surface area is 125 Å². The number of hydrogen-bond donors (Lipinski definition) is 1. The third-order valence-corrected chi connectivity index (χ3v) is 5.26. The van der Waals surface area contributed by atoms with Crippen molar-refractivity contribution in [2.24, 2.45) is 5.92 Å². The minimum absolute atomic E-state index is 0.343. The van der Waals surface area contributed by atoms with E-state index in [2.05, 4.69) is 29.4 Å². The number of imidazole rings is 1. The second-order valence-electron chi connectivity index (χ2n) is 6.49. The molecule has 2 aliphatic rings. The van der Waals surface area contributed by atoms with E-state index in [9.17, 15) is 5.11 Å². The number of rotatable bonds is 3. The molecule has 0 bridgehead atoms. The molecule has 2 aromatic rings. The van der Waals surface area contributed by atoms with Gasteiger partial charge in [0.05, 0.1) is 24.1 Å². The van der Waals surface area contributed by atoms with Crippen LogP contribution in [0.5, 0.6) is 0 Å². The molecule has 1 saturated carbocycles. The molecule has 4 rings (SSSR count). The van der Waals surface area contributed by atoms with Crippen LogP contribution in [0.3, 0.4) is 0 Å². The highest BCUT2D eigenvalue weighted by Gasteiger charge is 2.30. The highest BCUT2D eigenvalue weighted by Crippen LogP contribution is 2.43. The van der Waals surface area contributed by atoms with Crippen LogP contribution in [0.1, 0.15) is 61.7 Å². The van der Waals surface area contributed by atoms with E-state index in [1.54, 1.807) is 0 Å². The quantitative estimate of drug-likeness (QED) is 0.864. The fraction of sp³-hybridized carbons (Fsp3) is 0.500. The Kier molecular flexibility index (Phi) is 3.30. The van der Waals surface area contributed by atoms with E-state index < -0.39 is 0 Å². The molecule has 0 saturated heterocycles. The van der Waals surface area contributed by atoms with Crippen molar-refractivity contribution in [3.8, 4) is 0 Å². The van der Waals surface area contributed by atoms with Crippen molar-refractivity contribution >= 4 is 5.52 Å². The third-order valence-electron chi connectivity index (χ3n) is 5.26. The zero-order valence-electron chi connectivity index (χ0n) is 12.3. The van der Waals surface area contributed by atoms with Gasteiger partial charge in [0.15, 0.2) is 0 Å². The fourth-order valence-corrected chi connectivity index (χ4v) is 3.77. The number of allylic oxidation sites excluding steroid dienone is 2. The minimum Gasteiger partial charge on any atom is -0.388 e. The predicted molar refractivity (Wildman–Crippen MR) is 83.2 cm³/mol. The summed E-state index contributed by atoms with van der Waals surface area (Å²) in [6.45, 7) is 0. The molecule has 0 spiro atoms. The van der Waals surface area contributed by atoms with Crippen LogP contribution in [0.25, 0.3) is 5.52 Å². The first-order valence-electron chi connectivity index (χ1n) is 8.12. The van der Waals surface area contributed by atoms with Gasteiger partial charge in [-0.2, -0.15) is 0 Å². The Morgan fingerprint density at radius 2 is 2.14 bits per heavy atom. The first kappa shape index (κ1) is 13.1. The van der Waals surface area contributed by atoms with Gasteiger partial charge in [0, 0.05) is 11.8 Å². The summed E-state index contributed by atoms with van der Waals surface area (Å²) in [6, 6.07) is 2.20. The van der Waals surface area contributed by atoms with E-state index >= 15 is 0 Å². The topological polar surface area (TPSA) is 37.5 Å². The van der Waals surface area contributed by atoms with Crippen LogP contribution < -0.4 is 0 Å². The predicted octanol–water partition coefficient (Wildman–Crippen LogP) is 3.99. The summed E-state index contributed by atoms with van der Waals surface area (Å²) in [6.07, 6.45) is 16.9. The molecule has 0 aliphatic heterocycles.